The molecule has 0 radical (unpaired) electrons. The van der Waals surface area contributed by atoms with Crippen LogP contribution in [-0.4, -0.2) is 74.5 Å². The molecule has 2 saturated heterocycles. The number of alkyl halides is 3. The zero-order valence-corrected chi connectivity index (χ0v) is 20.7. The van der Waals surface area contributed by atoms with E-state index < -0.39 is 56.7 Å². The molecule has 36 heavy (non-hydrogen) atoms. The van der Waals surface area contributed by atoms with Crippen LogP contribution >= 0.6 is 11.6 Å². The number of halogens is 4. The lowest BCUT2D eigenvalue weighted by Crippen LogP contribution is -2.57. The molecule has 2 aliphatic heterocycles. The summed E-state index contributed by atoms with van der Waals surface area (Å²) in [6, 6.07) is 3.97. The molecule has 2 amide bonds. The number of carbonyl (C=O) groups excluding carboxylic acids is 2. The molecule has 0 bridgehead atoms. The first-order valence-corrected chi connectivity index (χ1v) is 13.0. The molecule has 3 aliphatic rings. The number of hydrogen-bond acceptors (Lipinski definition) is 7. The largest absolute Gasteiger partial charge is 0.484 e. The van der Waals surface area contributed by atoms with Crippen molar-refractivity contribution in [3.05, 3.63) is 23.2 Å². The van der Waals surface area contributed by atoms with Gasteiger partial charge in [-0.3, -0.25) is 9.59 Å². The highest BCUT2D eigenvalue weighted by atomic mass is 35.5. The van der Waals surface area contributed by atoms with Gasteiger partial charge in [0.1, 0.15) is 17.3 Å². The van der Waals surface area contributed by atoms with Gasteiger partial charge >= 0.3 is 6.18 Å². The van der Waals surface area contributed by atoms with Crippen molar-refractivity contribution >= 4 is 33.3 Å². The number of nitrogens with one attached hydrogen (secondary N) is 1. The molecule has 196 valence electrons. The van der Waals surface area contributed by atoms with E-state index in [1.54, 1.807) is 6.92 Å². The third-order valence-electron chi connectivity index (χ3n) is 6.56. The maximum absolute atomic E-state index is 13.5. The summed E-state index contributed by atoms with van der Waals surface area (Å²) in [4.78, 5) is 27.2. The van der Waals surface area contributed by atoms with E-state index in [1.807, 2.05) is 6.07 Å². The topological polar surface area (TPSA) is 126 Å². The number of hydrogen-bond donors (Lipinski definition) is 1. The summed E-state index contributed by atoms with van der Waals surface area (Å²) in [7, 11) is -4.21. The van der Waals surface area contributed by atoms with E-state index in [9.17, 15) is 36.4 Å². The molecule has 0 unspecified atom stereocenters. The van der Waals surface area contributed by atoms with Crippen LogP contribution in [0.2, 0.25) is 5.02 Å². The first-order valence-electron chi connectivity index (χ1n) is 11.0. The summed E-state index contributed by atoms with van der Waals surface area (Å²) in [5, 5.41) is 10.4. The van der Waals surface area contributed by atoms with Crippen LogP contribution in [0.25, 0.3) is 0 Å². The average molecular weight is 550 g/mol. The Labute approximate surface area is 210 Å². The summed E-state index contributed by atoms with van der Waals surface area (Å²) < 4.78 is 73.9. The van der Waals surface area contributed by atoms with Gasteiger partial charge in [-0.25, -0.2) is 8.42 Å². The summed E-state index contributed by atoms with van der Waals surface area (Å²) in [6.07, 6.45) is -3.90. The minimum Gasteiger partial charge on any atom is -0.484 e. The van der Waals surface area contributed by atoms with Crippen LogP contribution in [0.15, 0.2) is 23.1 Å². The summed E-state index contributed by atoms with van der Waals surface area (Å²) in [5.41, 5.74) is -1.92. The molecule has 1 saturated carbocycles. The molecule has 1 aromatic rings. The minimum atomic E-state index is -4.58. The molecule has 1 aliphatic carbocycles. The van der Waals surface area contributed by atoms with Crippen molar-refractivity contribution in [3.8, 4) is 11.8 Å². The van der Waals surface area contributed by atoms with Gasteiger partial charge in [-0.1, -0.05) is 11.6 Å². The number of ether oxygens (including phenoxy) is 2. The predicted molar refractivity (Wildman–Crippen MR) is 119 cm³/mol. The molecule has 14 heteroatoms. The fourth-order valence-electron chi connectivity index (χ4n) is 4.23. The van der Waals surface area contributed by atoms with Crippen molar-refractivity contribution in [3.63, 3.8) is 0 Å². The van der Waals surface area contributed by atoms with Crippen LogP contribution in [0.5, 0.6) is 5.75 Å². The number of benzene rings is 1. The van der Waals surface area contributed by atoms with Gasteiger partial charge in [0.2, 0.25) is 11.8 Å². The molecule has 1 N–H and O–H groups in total. The van der Waals surface area contributed by atoms with Gasteiger partial charge in [-0.05, 0) is 38.3 Å². The van der Waals surface area contributed by atoms with Crippen LogP contribution in [0.4, 0.5) is 13.2 Å². The van der Waals surface area contributed by atoms with Crippen LogP contribution < -0.4 is 10.1 Å². The van der Waals surface area contributed by atoms with Gasteiger partial charge in [-0.2, -0.15) is 18.4 Å². The van der Waals surface area contributed by atoms with Crippen molar-refractivity contribution < 1.29 is 40.7 Å². The van der Waals surface area contributed by atoms with E-state index >= 15 is 0 Å². The van der Waals surface area contributed by atoms with E-state index in [2.05, 4.69) is 10.1 Å². The molecule has 0 aromatic heterocycles. The maximum atomic E-state index is 13.5. The zero-order chi connectivity index (χ0) is 26.5. The van der Waals surface area contributed by atoms with Gasteiger partial charge in [0.15, 0.2) is 16.4 Å². The Morgan fingerprint density at radius 1 is 1.33 bits per heavy atom. The van der Waals surface area contributed by atoms with E-state index in [0.717, 1.165) is 18.2 Å². The van der Waals surface area contributed by atoms with E-state index in [0.29, 0.717) is 12.8 Å². The number of amides is 2. The van der Waals surface area contributed by atoms with Gasteiger partial charge in [0, 0.05) is 12.6 Å². The minimum absolute atomic E-state index is 0.126. The third-order valence-corrected chi connectivity index (χ3v) is 9.17. The number of rotatable bonds is 7. The van der Waals surface area contributed by atoms with Crippen molar-refractivity contribution in [1.29, 1.82) is 5.26 Å². The average Bonchev–Trinajstić information content (AvgIpc) is 3.40. The van der Waals surface area contributed by atoms with Crippen LogP contribution in [0.1, 0.15) is 26.2 Å². The van der Waals surface area contributed by atoms with Crippen molar-refractivity contribution in [2.75, 3.05) is 26.4 Å². The molecule has 1 aromatic carbocycles. The van der Waals surface area contributed by atoms with Crippen molar-refractivity contribution in [1.82, 2.24) is 10.2 Å². The molecular weight excluding hydrogens is 527 g/mol. The SMILES string of the molecule is CC1(C(=O)N2C[C@H](S(=O)(=O)c3ccc(OCC(F)(F)F)cc3Cl)C[C@H]2C(=O)NC2(C#N)CC2)COC1. The van der Waals surface area contributed by atoms with Gasteiger partial charge < -0.3 is 19.7 Å². The normalized spacial score (nSPS) is 24.4. The van der Waals surface area contributed by atoms with Crippen molar-refractivity contribution in [2.24, 2.45) is 5.41 Å². The molecule has 3 fully saturated rings. The Bertz CT molecular complexity index is 1220. The van der Waals surface area contributed by atoms with E-state index in [4.69, 9.17) is 16.3 Å². The Hall–Kier alpha value is -2.56. The monoisotopic (exact) mass is 549 g/mol. The molecule has 2 atom stereocenters. The maximum Gasteiger partial charge on any atom is 0.422 e. The molecular formula is C22H23ClF3N3O6S. The van der Waals surface area contributed by atoms with E-state index in [-0.39, 0.29) is 41.8 Å². The highest BCUT2D eigenvalue weighted by Crippen LogP contribution is 2.39. The Kier molecular flexibility index (Phi) is 6.68. The fraction of sp³-hybridized carbons (Fsp3) is 0.591. The zero-order valence-electron chi connectivity index (χ0n) is 19.1. The molecule has 0 spiro atoms. The Morgan fingerprint density at radius 3 is 2.50 bits per heavy atom. The van der Waals surface area contributed by atoms with Crippen LogP contribution in [-0.2, 0) is 24.2 Å². The second-order valence-electron chi connectivity index (χ2n) is 9.61. The van der Waals surface area contributed by atoms with Crippen molar-refractivity contribution in [2.45, 2.75) is 54.1 Å². The van der Waals surface area contributed by atoms with Gasteiger partial charge in [0.25, 0.3) is 0 Å². The van der Waals surface area contributed by atoms with Gasteiger partial charge in [-0.15, -0.1) is 0 Å². The Morgan fingerprint density at radius 2 is 2.00 bits per heavy atom. The van der Waals surface area contributed by atoms with Crippen LogP contribution in [0.3, 0.4) is 0 Å². The number of nitrogens with zero attached hydrogens (tertiary/aromatic N) is 2. The fourth-order valence-corrected chi connectivity index (χ4v) is 6.46. The summed E-state index contributed by atoms with van der Waals surface area (Å²) in [6.45, 7) is 0.0440. The highest BCUT2D eigenvalue weighted by Gasteiger charge is 2.54. The Balaban J connectivity index is 1.58. The first kappa shape index (κ1) is 26.5. The number of likely N-dealkylation sites (tertiary alicyclic amines) is 1. The number of carbonyl (C=O) groups is 2. The third kappa shape index (κ3) is 5.12. The second-order valence-corrected chi connectivity index (χ2v) is 12.2. The standard InChI is InChI=1S/C22H23ClF3N3O6S/c1-20(10-34-11-20)19(31)29-8-14(7-16(29)18(30)28-21(9-27)4-5-21)36(32,33)17-3-2-13(6-15(17)23)35-12-22(24,25)26/h2-3,6,14,16H,4-5,7-8,10-12H2,1H3,(H,28,30)/t14-,16+/m1/s1. The first-order chi connectivity index (χ1) is 16.7. The lowest BCUT2D eigenvalue weighted by atomic mass is 9.86. The smallest absolute Gasteiger partial charge is 0.422 e. The molecule has 2 heterocycles. The second kappa shape index (κ2) is 9.08. The lowest BCUT2D eigenvalue weighted by Gasteiger charge is -2.40. The van der Waals surface area contributed by atoms with Crippen LogP contribution in [0, 0.1) is 16.7 Å². The predicted octanol–water partition coefficient (Wildman–Crippen LogP) is 2.23. The number of sulfone groups is 1. The van der Waals surface area contributed by atoms with E-state index in [1.165, 1.54) is 4.90 Å². The summed E-state index contributed by atoms with van der Waals surface area (Å²) in [5.74, 6) is -1.32. The molecule has 4 rings (SSSR count). The number of nitriles is 1. The molecule has 9 nitrogen and oxygen atoms in total. The lowest BCUT2D eigenvalue weighted by molar-refractivity contribution is -0.170. The summed E-state index contributed by atoms with van der Waals surface area (Å²) >= 11 is 6.11. The van der Waals surface area contributed by atoms with Gasteiger partial charge in [0.05, 0.1) is 39.9 Å². The quantitative estimate of drug-likeness (QED) is 0.553. The highest BCUT2D eigenvalue weighted by molar-refractivity contribution is 7.92.